The fourth-order valence-corrected chi connectivity index (χ4v) is 11.0. The van der Waals surface area contributed by atoms with Crippen molar-refractivity contribution in [3.8, 4) is 11.5 Å². The van der Waals surface area contributed by atoms with Crippen molar-refractivity contribution < 1.29 is 56.3 Å². The van der Waals surface area contributed by atoms with E-state index in [0.29, 0.717) is 77.9 Å². The van der Waals surface area contributed by atoms with E-state index in [1.807, 2.05) is 44.2 Å². The highest BCUT2D eigenvalue weighted by molar-refractivity contribution is 7.86. The van der Waals surface area contributed by atoms with E-state index in [9.17, 15) is 37.3 Å². The number of imidazole rings is 1. The molecule has 4 aliphatic rings. The van der Waals surface area contributed by atoms with Crippen LogP contribution in [0.4, 0.5) is 23.3 Å². The lowest BCUT2D eigenvalue weighted by Gasteiger charge is -2.43. The molecule has 1 saturated heterocycles. The lowest BCUT2D eigenvalue weighted by atomic mass is 9.88. The monoisotopic (exact) mass is 1030 g/mol. The van der Waals surface area contributed by atoms with Gasteiger partial charge in [-0.2, -0.15) is 13.4 Å². The minimum atomic E-state index is -4.91. The number of aromatic amines is 1. The van der Waals surface area contributed by atoms with Gasteiger partial charge in [0.15, 0.2) is 34.4 Å². The minimum absolute atomic E-state index is 0.0571. The van der Waals surface area contributed by atoms with Gasteiger partial charge < -0.3 is 50.7 Å². The lowest BCUT2D eigenvalue weighted by molar-refractivity contribution is -0.121. The number of aliphatic hydroxyl groups excluding tert-OH is 2. The second-order valence-corrected chi connectivity index (χ2v) is 22.1. The van der Waals surface area contributed by atoms with Gasteiger partial charge in [0.1, 0.15) is 41.7 Å². The third-order valence-electron chi connectivity index (χ3n) is 13.2. The number of nitrogens with zero attached hydrogens (tertiary/aromatic N) is 6. The van der Waals surface area contributed by atoms with Crippen LogP contribution in [-0.4, -0.2) is 126 Å². The van der Waals surface area contributed by atoms with Crippen molar-refractivity contribution in [1.29, 1.82) is 0 Å². The van der Waals surface area contributed by atoms with E-state index in [1.165, 1.54) is 4.57 Å². The molecule has 0 unspecified atom stereocenters. The van der Waals surface area contributed by atoms with Gasteiger partial charge in [0, 0.05) is 63.6 Å². The number of phosphoric ester groups is 1. The Balaban J connectivity index is 0.878. The summed E-state index contributed by atoms with van der Waals surface area (Å²) < 4.78 is 66.0. The number of fused-ring (bicyclic) bond motifs is 5. The van der Waals surface area contributed by atoms with Crippen LogP contribution in [0, 0.1) is 0 Å². The molecular formula is C46H62N10O13PS+. The van der Waals surface area contributed by atoms with Crippen molar-refractivity contribution in [2.75, 3.05) is 54.5 Å². The molecule has 1 fully saturated rings. The molecule has 1 amide bonds. The Morgan fingerprint density at radius 3 is 2.44 bits per heavy atom. The van der Waals surface area contributed by atoms with E-state index >= 15 is 0 Å². The standard InChI is InChI=1S/C46H61N10O13PS/c1-7-54-31-19-33-29(17-27(31)25(2)21-45(54,3)4)50-30-18-28-26(24-71(64,65)66)22-46(5,6)55(32(28)20-34(30)68-33)16-12-13-36(57)48-14-10-8-9-11-15-49-44-51-37-40(52-43(47)53-41(37)60)56(44)42-39(59)38(58)35(69-42)23-67-70(61,62)63/h17-22,35,38-39,42,50,58-59H,7-16,23-24H2,1-6H3,(H6,47,48,53,57,60,61,62,63,64,65,66)/p+1/t35-,38-,39-,42-/m1/s1. The molecule has 4 aliphatic heterocycles. The highest BCUT2D eigenvalue weighted by Gasteiger charge is 2.46. The number of likely N-dealkylation sites (N-methyl/N-ethyl adjacent to an activating group) is 1. The van der Waals surface area contributed by atoms with Crippen molar-refractivity contribution in [2.45, 2.75) is 116 Å². The molecule has 2 aromatic carbocycles. The average Bonchev–Trinajstić information content (AvgIpc) is 3.76. The van der Waals surface area contributed by atoms with Gasteiger partial charge in [0.25, 0.3) is 15.7 Å². The zero-order valence-electron chi connectivity index (χ0n) is 40.4. The number of hydrogen-bond acceptors (Lipinski definition) is 16. The first-order chi connectivity index (χ1) is 33.3. The van der Waals surface area contributed by atoms with Gasteiger partial charge in [-0.05, 0) is 69.9 Å². The quantitative estimate of drug-likeness (QED) is 0.0248. The lowest BCUT2D eigenvalue weighted by Crippen LogP contribution is -2.50. The number of carbonyl (C=O) groups excluding carboxylic acids is 1. The molecular weight excluding hydrogens is 964 g/mol. The topological polar surface area (TPSA) is 329 Å². The third kappa shape index (κ3) is 11.1. The minimum Gasteiger partial charge on any atom is -0.452 e. The summed E-state index contributed by atoms with van der Waals surface area (Å²) >= 11 is 0. The van der Waals surface area contributed by atoms with Gasteiger partial charge >= 0.3 is 7.82 Å². The molecule has 0 bridgehead atoms. The molecule has 6 heterocycles. The first-order valence-corrected chi connectivity index (χ1v) is 26.7. The van der Waals surface area contributed by atoms with Crippen LogP contribution in [0.2, 0.25) is 0 Å². The van der Waals surface area contributed by atoms with Gasteiger partial charge in [0.2, 0.25) is 23.2 Å². The molecule has 25 heteroatoms. The van der Waals surface area contributed by atoms with Crippen LogP contribution in [0.15, 0.2) is 46.2 Å². The molecule has 0 saturated carbocycles. The van der Waals surface area contributed by atoms with Crippen LogP contribution in [0.5, 0.6) is 11.5 Å². The number of hydrogen-bond donors (Lipinski definition) is 9. The van der Waals surface area contributed by atoms with Crippen molar-refractivity contribution >= 4 is 69.4 Å². The van der Waals surface area contributed by atoms with Crippen LogP contribution in [0.3, 0.4) is 0 Å². The molecule has 23 nitrogen and oxygen atoms in total. The molecule has 8 rings (SSSR count). The maximum atomic E-state index is 13.1. The highest BCUT2D eigenvalue weighted by Crippen LogP contribution is 2.46. The van der Waals surface area contributed by atoms with E-state index < -0.39 is 65.9 Å². The number of carbonyl (C=O) groups is 1. The molecule has 4 aromatic rings. The number of nitrogens with one attached hydrogen (secondary N) is 3. The summed E-state index contributed by atoms with van der Waals surface area (Å²) in [6, 6.07) is 7.74. The normalized spacial score (nSPS) is 21.1. The number of anilines is 3. The van der Waals surface area contributed by atoms with Gasteiger partial charge in [-0.1, -0.05) is 18.9 Å². The molecule has 2 aromatic heterocycles. The van der Waals surface area contributed by atoms with Gasteiger partial charge in [-0.3, -0.25) is 28.2 Å². The molecule has 4 atom stereocenters. The number of H-pyrrole nitrogens is 1. The highest BCUT2D eigenvalue weighted by atomic mass is 32.2. The number of amides is 1. The summed E-state index contributed by atoms with van der Waals surface area (Å²) in [4.78, 5) is 62.2. The Morgan fingerprint density at radius 1 is 1.00 bits per heavy atom. The second kappa shape index (κ2) is 19.8. The summed E-state index contributed by atoms with van der Waals surface area (Å²) in [5, 5.41) is 28.8. The number of aromatic nitrogens is 4. The number of rotatable bonds is 19. The fraction of sp³-hybridized carbons (Fsp3) is 0.522. The number of nitrogen functional groups attached to an aromatic ring is 1. The summed E-state index contributed by atoms with van der Waals surface area (Å²) in [7, 11) is -9.31. The van der Waals surface area contributed by atoms with Crippen LogP contribution in [0.1, 0.15) is 97.4 Å². The first kappa shape index (κ1) is 51.8. The summed E-state index contributed by atoms with van der Waals surface area (Å²) in [6.45, 7) is 13.8. The summed E-state index contributed by atoms with van der Waals surface area (Å²) in [5.41, 5.74) is 8.99. The van der Waals surface area contributed by atoms with Crippen molar-refractivity contribution in [3.05, 3.63) is 68.6 Å². The molecule has 0 aliphatic carbocycles. The fourth-order valence-electron chi connectivity index (χ4n) is 10.0. The second-order valence-electron chi connectivity index (χ2n) is 19.4. The Hall–Kier alpha value is -5.56. The molecule has 384 valence electrons. The Morgan fingerprint density at radius 2 is 1.73 bits per heavy atom. The predicted octanol–water partition coefficient (Wildman–Crippen LogP) is 2.63. The van der Waals surface area contributed by atoms with E-state index in [4.69, 9.17) is 30.0 Å². The van der Waals surface area contributed by atoms with E-state index in [1.54, 1.807) is 0 Å². The summed E-state index contributed by atoms with van der Waals surface area (Å²) in [5.74, 6) is 0.246. The largest absolute Gasteiger partial charge is 0.469 e. The molecule has 0 spiro atoms. The Bertz CT molecular complexity index is 3180. The number of ether oxygens (including phenoxy) is 2. The van der Waals surface area contributed by atoms with Crippen molar-refractivity contribution in [2.24, 2.45) is 4.99 Å². The van der Waals surface area contributed by atoms with E-state index in [0.717, 1.165) is 36.2 Å². The number of aliphatic hydroxyl groups is 2. The van der Waals surface area contributed by atoms with Crippen LogP contribution in [-0.2, 0) is 28.7 Å². The number of allylic oxidation sites excluding steroid dienone is 1. The number of phosphoric acid groups is 1. The average molecular weight is 1030 g/mol. The van der Waals surface area contributed by atoms with Crippen LogP contribution in [0.25, 0.3) is 22.3 Å². The van der Waals surface area contributed by atoms with Crippen molar-refractivity contribution in [3.63, 3.8) is 0 Å². The molecule has 10 N–H and O–H groups in total. The Labute approximate surface area is 409 Å². The van der Waals surface area contributed by atoms with Crippen LogP contribution < -0.4 is 46.9 Å². The Kier molecular flexibility index (Phi) is 14.4. The zero-order valence-corrected chi connectivity index (χ0v) is 42.1. The van der Waals surface area contributed by atoms with E-state index in [2.05, 4.69) is 73.4 Å². The number of benzene rings is 2. The molecule has 71 heavy (non-hydrogen) atoms. The number of nitrogens with two attached hydrogens (primary N) is 1. The van der Waals surface area contributed by atoms with E-state index in [-0.39, 0.29) is 40.9 Å². The van der Waals surface area contributed by atoms with Gasteiger partial charge in [0.05, 0.1) is 23.8 Å². The number of unbranched alkanes of at least 4 members (excludes halogenated alkanes) is 3. The van der Waals surface area contributed by atoms with Crippen LogP contribution >= 0.6 is 7.82 Å². The maximum absolute atomic E-state index is 13.1. The molecule has 0 radical (unpaired) electrons. The first-order valence-electron chi connectivity index (χ1n) is 23.5. The van der Waals surface area contributed by atoms with Gasteiger partial charge in [-0.25, -0.2) is 19.1 Å². The SMILES string of the molecule is CCN1c2cc3c(cc2C(C)=CC1(C)C)N=c1cc2c(cc1O3)=[N+](CCCC(=O)NCCCCCCNc1nc3c(=O)[nH]c(N)nc3n1[C@@H]1O[C@H](COP(=O)(O)O)[C@@H](O)[C@H]1O)C(C)(C)C=C2CS(=O)(=O)O. The third-order valence-corrected chi connectivity index (χ3v) is 14.3. The zero-order chi connectivity index (χ0) is 51.4. The van der Waals surface area contributed by atoms with Gasteiger partial charge in [-0.15, -0.1) is 0 Å². The smallest absolute Gasteiger partial charge is 0.452 e. The maximum Gasteiger partial charge on any atom is 0.469 e. The summed E-state index contributed by atoms with van der Waals surface area (Å²) in [6.07, 6.45) is 1.69. The van der Waals surface area contributed by atoms with Crippen molar-refractivity contribution in [1.82, 2.24) is 29.4 Å². The predicted molar refractivity (Wildman–Crippen MR) is 264 cm³/mol.